The van der Waals surface area contributed by atoms with Crippen LogP contribution in [0.4, 0.5) is 10.8 Å². The van der Waals surface area contributed by atoms with Gasteiger partial charge in [0.05, 0.1) is 5.69 Å². The van der Waals surface area contributed by atoms with E-state index in [-0.39, 0.29) is 5.91 Å². The number of anilines is 2. The Kier molecular flexibility index (Phi) is 3.39. The van der Waals surface area contributed by atoms with E-state index >= 15 is 0 Å². The number of hydrogen-bond donors (Lipinski definition) is 2. The molecule has 0 aliphatic carbocycles. The minimum absolute atomic E-state index is 0.137. The van der Waals surface area contributed by atoms with Crippen LogP contribution in [0.2, 0.25) is 0 Å². The lowest BCUT2D eigenvalue weighted by Gasteiger charge is -2.03. The first kappa shape index (κ1) is 11.6. The summed E-state index contributed by atoms with van der Waals surface area (Å²) in [6.45, 7) is 1.90. The zero-order valence-electron chi connectivity index (χ0n) is 9.65. The minimum Gasteiger partial charge on any atom is -0.388 e. The molecule has 0 unspecified atom stereocenters. The SMILES string of the molecule is CNc1ccc(C(=O)Nc2nc(C)cs2)cc1. The largest absolute Gasteiger partial charge is 0.388 e. The molecular formula is C12H13N3OS. The Labute approximate surface area is 104 Å². The van der Waals surface area contributed by atoms with Gasteiger partial charge in [0, 0.05) is 23.7 Å². The first-order chi connectivity index (χ1) is 8.19. The molecule has 2 rings (SSSR count). The topological polar surface area (TPSA) is 54.0 Å². The number of carbonyl (C=O) groups excluding carboxylic acids is 1. The summed E-state index contributed by atoms with van der Waals surface area (Å²) < 4.78 is 0. The Hall–Kier alpha value is -1.88. The molecule has 0 aliphatic rings. The van der Waals surface area contributed by atoms with Crippen LogP contribution in [0.1, 0.15) is 16.1 Å². The number of rotatable bonds is 3. The van der Waals surface area contributed by atoms with E-state index in [9.17, 15) is 4.79 Å². The molecule has 5 heteroatoms. The molecule has 0 radical (unpaired) electrons. The molecule has 2 N–H and O–H groups in total. The maximum Gasteiger partial charge on any atom is 0.257 e. The fourth-order valence-electron chi connectivity index (χ4n) is 1.37. The van der Waals surface area contributed by atoms with E-state index < -0.39 is 0 Å². The fraction of sp³-hybridized carbons (Fsp3) is 0.167. The van der Waals surface area contributed by atoms with Crippen molar-refractivity contribution in [1.29, 1.82) is 0 Å². The molecule has 1 heterocycles. The Morgan fingerprint density at radius 1 is 1.29 bits per heavy atom. The quantitative estimate of drug-likeness (QED) is 0.876. The number of nitrogens with zero attached hydrogens (tertiary/aromatic N) is 1. The molecule has 0 atom stereocenters. The van der Waals surface area contributed by atoms with Crippen LogP contribution in [-0.2, 0) is 0 Å². The van der Waals surface area contributed by atoms with Gasteiger partial charge in [-0.15, -0.1) is 11.3 Å². The normalized spacial score (nSPS) is 10.0. The van der Waals surface area contributed by atoms with Gasteiger partial charge >= 0.3 is 0 Å². The number of thiazole rings is 1. The highest BCUT2D eigenvalue weighted by molar-refractivity contribution is 7.13. The highest BCUT2D eigenvalue weighted by Crippen LogP contribution is 2.16. The molecule has 88 valence electrons. The lowest BCUT2D eigenvalue weighted by Crippen LogP contribution is -2.11. The molecule has 0 aliphatic heterocycles. The first-order valence-electron chi connectivity index (χ1n) is 5.20. The Balaban J connectivity index is 2.09. The third kappa shape index (κ3) is 2.82. The number of amides is 1. The monoisotopic (exact) mass is 247 g/mol. The molecule has 0 saturated heterocycles. The van der Waals surface area contributed by atoms with Gasteiger partial charge in [-0.2, -0.15) is 0 Å². The van der Waals surface area contributed by atoms with Gasteiger partial charge in [-0.25, -0.2) is 4.98 Å². The summed E-state index contributed by atoms with van der Waals surface area (Å²) in [7, 11) is 1.84. The number of hydrogen-bond acceptors (Lipinski definition) is 4. The van der Waals surface area contributed by atoms with Crippen molar-refractivity contribution in [3.8, 4) is 0 Å². The van der Waals surface area contributed by atoms with Crippen LogP contribution in [0.15, 0.2) is 29.6 Å². The molecule has 17 heavy (non-hydrogen) atoms. The maximum absolute atomic E-state index is 11.9. The third-order valence-corrected chi connectivity index (χ3v) is 3.15. The van der Waals surface area contributed by atoms with Crippen LogP contribution < -0.4 is 10.6 Å². The molecule has 1 amide bonds. The van der Waals surface area contributed by atoms with E-state index in [4.69, 9.17) is 0 Å². The Morgan fingerprint density at radius 3 is 2.53 bits per heavy atom. The van der Waals surface area contributed by atoms with Crippen molar-refractivity contribution in [3.05, 3.63) is 40.9 Å². The van der Waals surface area contributed by atoms with Gasteiger partial charge in [-0.1, -0.05) is 0 Å². The van der Waals surface area contributed by atoms with Crippen LogP contribution in [0, 0.1) is 6.92 Å². The predicted octanol–water partition coefficient (Wildman–Crippen LogP) is 2.75. The van der Waals surface area contributed by atoms with Crippen LogP contribution in [-0.4, -0.2) is 17.9 Å². The highest BCUT2D eigenvalue weighted by atomic mass is 32.1. The van der Waals surface area contributed by atoms with Crippen molar-refractivity contribution in [2.75, 3.05) is 17.7 Å². The van der Waals surface area contributed by atoms with Gasteiger partial charge in [0.1, 0.15) is 0 Å². The number of nitrogens with one attached hydrogen (secondary N) is 2. The highest BCUT2D eigenvalue weighted by Gasteiger charge is 2.07. The molecule has 1 aromatic heterocycles. The van der Waals surface area contributed by atoms with Crippen LogP contribution in [0.3, 0.4) is 0 Å². The summed E-state index contributed by atoms with van der Waals surface area (Å²) in [5, 5.41) is 8.30. The summed E-state index contributed by atoms with van der Waals surface area (Å²) in [6.07, 6.45) is 0. The van der Waals surface area contributed by atoms with E-state index in [0.717, 1.165) is 11.4 Å². The standard InChI is InChI=1S/C12H13N3OS/c1-8-7-17-12(14-8)15-11(16)9-3-5-10(13-2)6-4-9/h3-7,13H,1-2H3,(H,14,15,16). The van der Waals surface area contributed by atoms with Gasteiger partial charge in [0.2, 0.25) is 0 Å². The van der Waals surface area contributed by atoms with E-state index in [1.807, 2.05) is 31.5 Å². The fourth-order valence-corrected chi connectivity index (χ4v) is 2.05. The van der Waals surface area contributed by atoms with E-state index in [1.54, 1.807) is 12.1 Å². The first-order valence-corrected chi connectivity index (χ1v) is 6.08. The van der Waals surface area contributed by atoms with Gasteiger partial charge in [-0.05, 0) is 31.2 Å². The zero-order chi connectivity index (χ0) is 12.3. The minimum atomic E-state index is -0.137. The molecule has 0 saturated carbocycles. The zero-order valence-corrected chi connectivity index (χ0v) is 10.5. The molecule has 1 aromatic carbocycles. The second kappa shape index (κ2) is 4.97. The Morgan fingerprint density at radius 2 is 2.00 bits per heavy atom. The lowest BCUT2D eigenvalue weighted by molar-refractivity contribution is 0.102. The van der Waals surface area contributed by atoms with Crippen molar-refractivity contribution >= 4 is 28.1 Å². The molecule has 0 spiro atoms. The maximum atomic E-state index is 11.9. The average Bonchev–Trinajstić information content (AvgIpc) is 2.75. The number of aryl methyl sites for hydroxylation is 1. The summed E-state index contributed by atoms with van der Waals surface area (Å²) in [5.41, 5.74) is 2.51. The Bertz CT molecular complexity index is 519. The third-order valence-electron chi connectivity index (χ3n) is 2.28. The summed E-state index contributed by atoms with van der Waals surface area (Å²) in [6, 6.07) is 7.29. The number of carbonyl (C=O) groups is 1. The van der Waals surface area contributed by atoms with Crippen LogP contribution in [0.25, 0.3) is 0 Å². The molecule has 0 fully saturated rings. The van der Waals surface area contributed by atoms with Gasteiger partial charge < -0.3 is 5.32 Å². The summed E-state index contributed by atoms with van der Waals surface area (Å²) >= 11 is 1.42. The summed E-state index contributed by atoms with van der Waals surface area (Å²) in [4.78, 5) is 16.0. The van der Waals surface area contributed by atoms with E-state index in [2.05, 4.69) is 15.6 Å². The summed E-state index contributed by atoms with van der Waals surface area (Å²) in [5.74, 6) is -0.137. The van der Waals surface area contributed by atoms with Gasteiger partial charge in [0.25, 0.3) is 5.91 Å². The number of benzene rings is 1. The van der Waals surface area contributed by atoms with E-state index in [1.165, 1.54) is 11.3 Å². The van der Waals surface area contributed by atoms with Gasteiger partial charge in [0.15, 0.2) is 5.13 Å². The second-order valence-electron chi connectivity index (χ2n) is 3.58. The molecule has 4 nitrogen and oxygen atoms in total. The van der Waals surface area contributed by atoms with Crippen molar-refractivity contribution in [1.82, 2.24) is 4.98 Å². The van der Waals surface area contributed by atoms with Crippen molar-refractivity contribution in [2.45, 2.75) is 6.92 Å². The molecule has 2 aromatic rings. The smallest absolute Gasteiger partial charge is 0.257 e. The molecular weight excluding hydrogens is 234 g/mol. The van der Waals surface area contributed by atoms with Crippen molar-refractivity contribution in [2.24, 2.45) is 0 Å². The van der Waals surface area contributed by atoms with Gasteiger partial charge in [-0.3, -0.25) is 10.1 Å². The number of aromatic nitrogens is 1. The van der Waals surface area contributed by atoms with E-state index in [0.29, 0.717) is 10.7 Å². The predicted molar refractivity (Wildman–Crippen MR) is 70.8 cm³/mol. The van der Waals surface area contributed by atoms with Crippen LogP contribution >= 0.6 is 11.3 Å². The average molecular weight is 247 g/mol. The molecule has 0 bridgehead atoms. The van der Waals surface area contributed by atoms with Crippen molar-refractivity contribution in [3.63, 3.8) is 0 Å². The lowest BCUT2D eigenvalue weighted by atomic mass is 10.2. The second-order valence-corrected chi connectivity index (χ2v) is 4.43. The van der Waals surface area contributed by atoms with Crippen molar-refractivity contribution < 1.29 is 4.79 Å². The van der Waals surface area contributed by atoms with Crippen LogP contribution in [0.5, 0.6) is 0 Å².